The summed E-state index contributed by atoms with van der Waals surface area (Å²) < 4.78 is 28.0. The molecule has 0 bridgehead atoms. The Kier molecular flexibility index (Phi) is 7.80. The molecule has 122 valence electrons. The van der Waals surface area contributed by atoms with Gasteiger partial charge in [-0.2, -0.15) is 0 Å². The predicted octanol–water partition coefficient (Wildman–Crippen LogP) is 2.24. The summed E-state index contributed by atoms with van der Waals surface area (Å²) in [4.78, 5) is 3.46. The highest BCUT2D eigenvalue weighted by Gasteiger charge is 2.20. The highest BCUT2D eigenvalue weighted by Crippen LogP contribution is 2.31. The maximum Gasteiger partial charge on any atom is 0.242 e. The summed E-state index contributed by atoms with van der Waals surface area (Å²) in [6, 6.07) is 2.16. The van der Waals surface area contributed by atoms with Gasteiger partial charge in [0.05, 0.1) is 3.79 Å². The average molecular weight is 398 g/mol. The first-order valence-electron chi connectivity index (χ1n) is 6.94. The second-order valence-electron chi connectivity index (χ2n) is 5.02. The van der Waals surface area contributed by atoms with Crippen molar-refractivity contribution in [2.24, 2.45) is 0 Å². The third-order valence-corrected chi connectivity index (χ3v) is 7.16. The van der Waals surface area contributed by atoms with Crippen molar-refractivity contribution in [2.45, 2.75) is 37.8 Å². The van der Waals surface area contributed by atoms with Gasteiger partial charge in [-0.1, -0.05) is 6.92 Å². The van der Waals surface area contributed by atoms with Gasteiger partial charge < -0.3 is 10.2 Å². The Bertz CT molecular complexity index is 546. The largest absolute Gasteiger partial charge is 0.315 e. The lowest BCUT2D eigenvalue weighted by molar-refractivity contribution is 0.256. The van der Waals surface area contributed by atoms with Gasteiger partial charge in [0.25, 0.3) is 0 Å². The molecule has 1 aromatic rings. The normalized spacial score (nSPS) is 13.8. The zero-order valence-corrected chi connectivity index (χ0v) is 16.2. The highest BCUT2D eigenvalue weighted by atomic mass is 79.9. The van der Waals surface area contributed by atoms with Crippen LogP contribution in [0.1, 0.15) is 25.1 Å². The van der Waals surface area contributed by atoms with Crippen LogP contribution >= 0.6 is 27.3 Å². The number of hydrogen-bond donors (Lipinski definition) is 2. The van der Waals surface area contributed by atoms with Gasteiger partial charge >= 0.3 is 0 Å². The van der Waals surface area contributed by atoms with Crippen molar-refractivity contribution in [3.8, 4) is 0 Å². The van der Waals surface area contributed by atoms with E-state index < -0.39 is 10.0 Å². The molecule has 0 aliphatic heterocycles. The van der Waals surface area contributed by atoms with Crippen molar-refractivity contribution in [1.29, 1.82) is 0 Å². The molecule has 1 aromatic heterocycles. The van der Waals surface area contributed by atoms with Gasteiger partial charge in [-0.15, -0.1) is 11.3 Å². The lowest BCUT2D eigenvalue weighted by atomic mass is 10.2. The van der Waals surface area contributed by atoms with Gasteiger partial charge in [-0.05, 0) is 49.4 Å². The molecule has 8 heteroatoms. The molecular weight excluding hydrogens is 374 g/mol. The monoisotopic (exact) mass is 397 g/mol. The Morgan fingerprint density at radius 2 is 2.14 bits per heavy atom. The molecule has 0 aromatic carbocycles. The molecule has 1 atom stereocenters. The Morgan fingerprint density at radius 1 is 1.48 bits per heavy atom. The first-order valence-corrected chi connectivity index (χ1v) is 10.0. The van der Waals surface area contributed by atoms with Gasteiger partial charge in [0.15, 0.2) is 0 Å². The van der Waals surface area contributed by atoms with Crippen LogP contribution < -0.4 is 10.0 Å². The Balaban J connectivity index is 2.65. The number of nitrogens with one attached hydrogen (secondary N) is 2. The number of sulfonamides is 1. The van der Waals surface area contributed by atoms with Crippen LogP contribution in [-0.2, 0) is 16.6 Å². The van der Waals surface area contributed by atoms with Crippen molar-refractivity contribution >= 4 is 37.3 Å². The second kappa shape index (κ2) is 8.59. The van der Waals surface area contributed by atoms with E-state index in [1.165, 1.54) is 11.3 Å². The van der Waals surface area contributed by atoms with Crippen molar-refractivity contribution < 1.29 is 8.42 Å². The summed E-state index contributed by atoms with van der Waals surface area (Å²) >= 11 is 4.78. The summed E-state index contributed by atoms with van der Waals surface area (Å²) in [7, 11) is 0.389. The van der Waals surface area contributed by atoms with Crippen LogP contribution in [0, 0.1) is 0 Å². The molecule has 0 fully saturated rings. The van der Waals surface area contributed by atoms with Crippen molar-refractivity contribution in [1.82, 2.24) is 14.9 Å². The topological polar surface area (TPSA) is 61.4 Å². The zero-order chi connectivity index (χ0) is 16.0. The van der Waals surface area contributed by atoms with Crippen molar-refractivity contribution in [3.05, 3.63) is 14.7 Å². The molecule has 0 amide bonds. The molecule has 5 nitrogen and oxygen atoms in total. The van der Waals surface area contributed by atoms with Crippen LogP contribution in [0.5, 0.6) is 0 Å². The second-order valence-corrected chi connectivity index (χ2v) is 9.21. The molecule has 0 saturated carbocycles. The third-order valence-electron chi connectivity index (χ3n) is 3.45. The maximum absolute atomic E-state index is 12.3. The molecule has 1 rings (SSSR count). The standard InChI is InChI=1S/C13H24BrN3O2S2/c1-5-10(2)17(4)7-6-16-21(18,19)12-8-11(9-15-3)20-13(12)14/h8,10,15-16H,5-7,9H2,1-4H3. The van der Waals surface area contributed by atoms with Crippen LogP contribution in [0.15, 0.2) is 14.7 Å². The molecular formula is C13H24BrN3O2S2. The molecule has 0 aliphatic carbocycles. The summed E-state index contributed by atoms with van der Waals surface area (Å²) in [5, 5.41) is 3.02. The lowest BCUT2D eigenvalue weighted by Gasteiger charge is -2.23. The molecule has 0 aliphatic rings. The molecule has 0 saturated heterocycles. The molecule has 1 unspecified atom stereocenters. The third kappa shape index (κ3) is 5.61. The number of hydrogen-bond acceptors (Lipinski definition) is 5. The van der Waals surface area contributed by atoms with Gasteiger partial charge in [0.2, 0.25) is 10.0 Å². The minimum Gasteiger partial charge on any atom is -0.315 e. The average Bonchev–Trinajstić information content (AvgIpc) is 2.79. The van der Waals surface area contributed by atoms with Gasteiger partial charge in [-0.3, -0.25) is 0 Å². The molecule has 1 heterocycles. The van der Waals surface area contributed by atoms with E-state index in [0.29, 0.717) is 34.4 Å². The van der Waals surface area contributed by atoms with Crippen LogP contribution in [0.2, 0.25) is 0 Å². The summed E-state index contributed by atoms with van der Waals surface area (Å²) in [5.74, 6) is 0. The number of thiophene rings is 1. The smallest absolute Gasteiger partial charge is 0.242 e. The summed E-state index contributed by atoms with van der Waals surface area (Å²) in [5.41, 5.74) is 0. The van der Waals surface area contributed by atoms with E-state index in [1.54, 1.807) is 6.07 Å². The van der Waals surface area contributed by atoms with Crippen molar-refractivity contribution in [2.75, 3.05) is 27.2 Å². The van der Waals surface area contributed by atoms with Crippen molar-refractivity contribution in [3.63, 3.8) is 0 Å². The predicted molar refractivity (Wildman–Crippen MR) is 92.4 cm³/mol. The number of rotatable bonds is 9. The fourth-order valence-corrected chi connectivity index (χ4v) is 5.52. The van der Waals surface area contributed by atoms with Crippen LogP contribution in [0.3, 0.4) is 0 Å². The van der Waals surface area contributed by atoms with E-state index in [4.69, 9.17) is 0 Å². The van der Waals surface area contributed by atoms with Gasteiger partial charge in [0.1, 0.15) is 4.90 Å². The summed E-state index contributed by atoms with van der Waals surface area (Å²) in [6.45, 7) is 6.02. The fraction of sp³-hybridized carbons (Fsp3) is 0.692. The quantitative estimate of drug-likeness (QED) is 0.670. The molecule has 2 N–H and O–H groups in total. The minimum atomic E-state index is -3.46. The lowest BCUT2D eigenvalue weighted by Crippen LogP contribution is -2.37. The Labute approximate surface area is 140 Å². The van der Waals surface area contributed by atoms with E-state index in [1.807, 2.05) is 14.1 Å². The fourth-order valence-electron chi connectivity index (χ4n) is 1.81. The highest BCUT2D eigenvalue weighted by molar-refractivity contribution is 9.11. The van der Waals surface area contributed by atoms with Crippen LogP contribution in [0.4, 0.5) is 0 Å². The number of halogens is 1. The number of nitrogens with zero attached hydrogens (tertiary/aromatic N) is 1. The minimum absolute atomic E-state index is 0.323. The first-order chi connectivity index (χ1) is 9.81. The van der Waals surface area contributed by atoms with E-state index in [9.17, 15) is 8.42 Å². The Hall–Kier alpha value is 0.01000. The number of likely N-dealkylation sites (N-methyl/N-ethyl adjacent to an activating group) is 1. The van der Waals surface area contributed by atoms with Gasteiger partial charge in [0, 0.05) is 30.6 Å². The van der Waals surface area contributed by atoms with Crippen LogP contribution in [0.25, 0.3) is 0 Å². The van der Waals surface area contributed by atoms with E-state index in [0.717, 1.165) is 11.3 Å². The van der Waals surface area contributed by atoms with E-state index >= 15 is 0 Å². The van der Waals surface area contributed by atoms with E-state index in [-0.39, 0.29) is 0 Å². The first kappa shape index (κ1) is 19.1. The maximum atomic E-state index is 12.3. The van der Waals surface area contributed by atoms with Gasteiger partial charge in [-0.25, -0.2) is 13.1 Å². The Morgan fingerprint density at radius 3 is 2.71 bits per heavy atom. The van der Waals surface area contributed by atoms with E-state index in [2.05, 4.69) is 44.7 Å². The molecule has 0 spiro atoms. The summed E-state index contributed by atoms with van der Waals surface area (Å²) in [6.07, 6.45) is 1.05. The van der Waals surface area contributed by atoms with Crippen LogP contribution in [-0.4, -0.2) is 46.5 Å². The SMILES string of the molecule is CCC(C)N(C)CCNS(=O)(=O)c1cc(CNC)sc1Br. The molecule has 0 radical (unpaired) electrons. The molecule has 21 heavy (non-hydrogen) atoms. The zero-order valence-electron chi connectivity index (χ0n) is 12.9.